The zero-order valence-corrected chi connectivity index (χ0v) is 10.0. The van der Waals surface area contributed by atoms with Crippen LogP contribution < -0.4 is 9.57 Å². The molecule has 1 heterocycles. The Morgan fingerprint density at radius 2 is 1.60 bits per heavy atom. The maximum absolute atomic E-state index is 9.08. The van der Waals surface area contributed by atoms with Gasteiger partial charge in [0.1, 0.15) is 7.11 Å². The van der Waals surface area contributed by atoms with Gasteiger partial charge in [-0.2, -0.15) is 0 Å². The Balaban J connectivity index is 0.000000336. The molecule has 0 atom stereocenters. The van der Waals surface area contributed by atoms with Crippen molar-refractivity contribution in [3.05, 3.63) is 29.6 Å². The van der Waals surface area contributed by atoms with Crippen LogP contribution >= 0.6 is 0 Å². The Labute approximate surface area is 90.0 Å². The number of aryl methyl sites for hydroxylation is 2. The fourth-order valence-electron chi connectivity index (χ4n) is 1.03. The van der Waals surface area contributed by atoms with Crippen LogP contribution in [0, 0.1) is 13.8 Å². The van der Waals surface area contributed by atoms with Crippen LogP contribution in [-0.4, -0.2) is 26.3 Å². The van der Waals surface area contributed by atoms with Crippen molar-refractivity contribution in [2.45, 2.75) is 13.8 Å². The van der Waals surface area contributed by atoms with Gasteiger partial charge in [-0.05, 0) is 6.07 Å². The molecule has 0 radical (unpaired) electrons. The second-order valence-electron chi connectivity index (χ2n) is 2.99. The van der Waals surface area contributed by atoms with Gasteiger partial charge in [-0.3, -0.25) is 4.84 Å². The van der Waals surface area contributed by atoms with E-state index in [1.165, 1.54) is 0 Å². The van der Waals surface area contributed by atoms with Gasteiger partial charge in [0.2, 0.25) is 11.4 Å². The summed E-state index contributed by atoms with van der Waals surface area (Å²) in [6.07, 6.45) is 0.604. The molecule has 0 spiro atoms. The highest BCUT2D eigenvalue weighted by molar-refractivity contribution is 7.84. The number of aromatic nitrogens is 1. The van der Waals surface area contributed by atoms with Gasteiger partial charge in [-0.1, -0.05) is 0 Å². The maximum Gasteiger partial charge on any atom is 0.231 e. The molecule has 0 unspecified atom stereocenters. The Kier molecular flexibility index (Phi) is 5.24. The molecule has 0 amide bonds. The van der Waals surface area contributed by atoms with E-state index in [0.717, 1.165) is 11.4 Å². The van der Waals surface area contributed by atoms with Crippen molar-refractivity contribution >= 4 is 10.1 Å². The maximum atomic E-state index is 9.08. The Morgan fingerprint density at radius 3 is 1.80 bits per heavy atom. The first kappa shape index (κ1) is 13.9. The van der Waals surface area contributed by atoms with Gasteiger partial charge in [0.05, 0.1) is 10.1 Å². The summed E-state index contributed by atoms with van der Waals surface area (Å²) in [5.74, 6) is 0. The zero-order chi connectivity index (χ0) is 12.1. The van der Waals surface area contributed by atoms with E-state index in [1.807, 2.05) is 32.0 Å². The van der Waals surface area contributed by atoms with E-state index in [9.17, 15) is 0 Å². The molecule has 0 saturated heterocycles. The number of nitrogens with zero attached hydrogens (tertiary/aromatic N) is 1. The largest absolute Gasteiger partial charge is 0.748 e. The summed E-state index contributed by atoms with van der Waals surface area (Å²) >= 11 is 0. The van der Waals surface area contributed by atoms with Crippen molar-refractivity contribution < 1.29 is 22.5 Å². The van der Waals surface area contributed by atoms with E-state index in [-0.39, 0.29) is 0 Å². The van der Waals surface area contributed by atoms with Crippen molar-refractivity contribution in [3.63, 3.8) is 0 Å². The van der Waals surface area contributed by atoms with Gasteiger partial charge in [0.25, 0.3) is 0 Å². The fourth-order valence-corrected chi connectivity index (χ4v) is 1.03. The second-order valence-corrected chi connectivity index (χ2v) is 4.40. The van der Waals surface area contributed by atoms with Crippen LogP contribution in [-0.2, 0) is 10.1 Å². The Morgan fingerprint density at radius 1 is 1.27 bits per heavy atom. The summed E-state index contributed by atoms with van der Waals surface area (Å²) in [5.41, 5.74) is 2.23. The van der Waals surface area contributed by atoms with Gasteiger partial charge in [-0.25, -0.2) is 8.42 Å². The van der Waals surface area contributed by atoms with Gasteiger partial charge in [0, 0.05) is 37.0 Å². The molecule has 0 bridgehead atoms. The van der Waals surface area contributed by atoms with E-state index in [0.29, 0.717) is 6.26 Å². The summed E-state index contributed by atoms with van der Waals surface area (Å²) < 4.78 is 29.0. The lowest BCUT2D eigenvalue weighted by Crippen LogP contribution is -2.45. The monoisotopic (exact) mass is 233 g/mol. The zero-order valence-electron chi connectivity index (χ0n) is 9.22. The van der Waals surface area contributed by atoms with Crippen LogP contribution in [0.2, 0.25) is 0 Å². The van der Waals surface area contributed by atoms with E-state index < -0.39 is 10.1 Å². The van der Waals surface area contributed by atoms with Crippen LogP contribution in [0.25, 0.3) is 0 Å². The first-order valence-electron chi connectivity index (χ1n) is 4.19. The molecule has 0 fully saturated rings. The summed E-state index contributed by atoms with van der Waals surface area (Å²) in [7, 11) is -2.25. The van der Waals surface area contributed by atoms with Gasteiger partial charge < -0.3 is 4.55 Å². The van der Waals surface area contributed by atoms with E-state index in [2.05, 4.69) is 0 Å². The molecular formula is C9H15NO4S. The van der Waals surface area contributed by atoms with Crippen LogP contribution in [0.15, 0.2) is 18.2 Å². The Bertz CT molecular complexity index is 386. The van der Waals surface area contributed by atoms with Crippen molar-refractivity contribution in [3.8, 4) is 0 Å². The van der Waals surface area contributed by atoms with Crippen LogP contribution in [0.5, 0.6) is 0 Å². The minimum atomic E-state index is -3.92. The summed E-state index contributed by atoms with van der Waals surface area (Å²) in [4.78, 5) is 5.09. The predicted octanol–water partition coefficient (Wildman–Crippen LogP) is -0.189. The Hall–Kier alpha value is -1.14. The smallest absolute Gasteiger partial charge is 0.231 e. The molecule has 86 valence electrons. The third-order valence-electron chi connectivity index (χ3n) is 1.50. The molecule has 1 rings (SSSR count). The molecule has 0 aromatic carbocycles. The topological polar surface area (TPSA) is 70.3 Å². The average molecular weight is 233 g/mol. The van der Waals surface area contributed by atoms with Gasteiger partial charge in [0.15, 0.2) is 0 Å². The molecule has 0 aliphatic rings. The van der Waals surface area contributed by atoms with Crippen molar-refractivity contribution in [2.75, 3.05) is 13.4 Å². The van der Waals surface area contributed by atoms with Crippen molar-refractivity contribution in [1.82, 2.24) is 0 Å². The van der Waals surface area contributed by atoms with Crippen molar-refractivity contribution in [1.29, 1.82) is 0 Å². The first-order valence-corrected chi connectivity index (χ1v) is 6.01. The predicted molar refractivity (Wildman–Crippen MR) is 54.2 cm³/mol. The average Bonchev–Trinajstić information content (AvgIpc) is 2.01. The standard InChI is InChI=1S/C8H12NO.CH4O3S/c1-7-5-4-6-8(2)9(7)10-3;1-5(2,3)4/h4-6H,1-3H3;1H3,(H,2,3,4)/q+1;/p-1. The molecule has 0 saturated carbocycles. The van der Waals surface area contributed by atoms with E-state index in [1.54, 1.807) is 11.8 Å². The molecule has 1 aromatic heterocycles. The van der Waals surface area contributed by atoms with E-state index in [4.69, 9.17) is 17.8 Å². The van der Waals surface area contributed by atoms with E-state index >= 15 is 0 Å². The molecule has 15 heavy (non-hydrogen) atoms. The highest BCUT2D eigenvalue weighted by Crippen LogP contribution is 1.91. The first-order chi connectivity index (χ1) is 6.75. The number of hydrogen-bond donors (Lipinski definition) is 0. The third kappa shape index (κ3) is 6.87. The minimum absolute atomic E-state index is 0.604. The lowest BCUT2D eigenvalue weighted by molar-refractivity contribution is -0.893. The van der Waals surface area contributed by atoms with Crippen LogP contribution in [0.3, 0.4) is 0 Å². The lowest BCUT2D eigenvalue weighted by atomic mass is 10.3. The summed E-state index contributed by atoms with van der Waals surface area (Å²) in [6.45, 7) is 4.02. The molecule has 0 N–H and O–H groups in total. The lowest BCUT2D eigenvalue weighted by Gasteiger charge is -1.96. The van der Waals surface area contributed by atoms with Crippen LogP contribution in [0.4, 0.5) is 0 Å². The summed E-state index contributed by atoms with van der Waals surface area (Å²) in [6, 6.07) is 6.03. The second kappa shape index (κ2) is 5.67. The third-order valence-corrected chi connectivity index (χ3v) is 1.50. The quantitative estimate of drug-likeness (QED) is 0.498. The van der Waals surface area contributed by atoms with Gasteiger partial charge >= 0.3 is 0 Å². The molecule has 0 aliphatic carbocycles. The SMILES string of the molecule is CO[n+]1c(C)cccc1C.CS(=O)(=O)[O-]. The number of rotatable bonds is 1. The highest BCUT2D eigenvalue weighted by Gasteiger charge is 2.07. The summed E-state index contributed by atoms with van der Waals surface area (Å²) in [5, 5.41) is 0. The van der Waals surface area contributed by atoms with Crippen LogP contribution in [0.1, 0.15) is 11.4 Å². The minimum Gasteiger partial charge on any atom is -0.748 e. The normalized spacial score (nSPS) is 10.2. The molecular weight excluding hydrogens is 218 g/mol. The molecule has 6 heteroatoms. The number of hydrogen-bond acceptors (Lipinski definition) is 4. The van der Waals surface area contributed by atoms with Crippen molar-refractivity contribution in [2.24, 2.45) is 0 Å². The van der Waals surface area contributed by atoms with Gasteiger partial charge in [-0.15, -0.1) is 0 Å². The fraction of sp³-hybridized carbons (Fsp3) is 0.444. The molecule has 0 aliphatic heterocycles. The highest BCUT2D eigenvalue weighted by atomic mass is 32.2. The number of pyridine rings is 1. The molecule has 5 nitrogen and oxygen atoms in total. The molecule has 1 aromatic rings.